The SMILES string of the molecule is Bc1ccccc1.[LiH].[LiH]. The van der Waals surface area contributed by atoms with E-state index in [9.17, 15) is 0 Å². The van der Waals surface area contributed by atoms with Gasteiger partial charge < -0.3 is 0 Å². The van der Waals surface area contributed by atoms with E-state index < -0.39 is 0 Å². The third kappa shape index (κ3) is 4.95. The summed E-state index contributed by atoms with van der Waals surface area (Å²) in [6.45, 7) is 0. The number of hydrogen-bond donors (Lipinski definition) is 0. The molecule has 0 bridgehead atoms. The Morgan fingerprint density at radius 1 is 0.889 bits per heavy atom. The molecule has 0 aliphatic rings. The summed E-state index contributed by atoms with van der Waals surface area (Å²) < 4.78 is 0. The molecule has 0 nitrogen and oxygen atoms in total. The van der Waals surface area contributed by atoms with Gasteiger partial charge in [-0.3, -0.25) is 0 Å². The van der Waals surface area contributed by atoms with Crippen LogP contribution in [0.2, 0.25) is 0 Å². The van der Waals surface area contributed by atoms with Crippen molar-refractivity contribution in [3.05, 3.63) is 30.3 Å². The number of hydrogen-bond acceptors (Lipinski definition) is 0. The average Bonchev–Trinajstić information content (AvgIpc) is 1.69. The second-order valence-electron chi connectivity index (χ2n) is 1.65. The van der Waals surface area contributed by atoms with Gasteiger partial charge in [-0.05, 0) is 0 Å². The maximum atomic E-state index is 2.08. The van der Waals surface area contributed by atoms with Crippen LogP contribution >= 0.6 is 0 Å². The Hall–Kier alpha value is 0.480. The predicted octanol–water partition coefficient (Wildman–Crippen LogP) is -1.35. The Morgan fingerprint density at radius 3 is 1.56 bits per heavy atom. The zero-order valence-corrected chi connectivity index (χ0v) is 4.39. The third-order valence-corrected chi connectivity index (χ3v) is 0.940. The molecular formula is C6H9BLi2. The summed E-state index contributed by atoms with van der Waals surface area (Å²) in [6.07, 6.45) is 0. The van der Waals surface area contributed by atoms with Crippen LogP contribution in [-0.2, 0) is 0 Å². The first kappa shape index (κ1) is 12.2. The number of benzene rings is 1. The van der Waals surface area contributed by atoms with Gasteiger partial charge in [0, 0.05) is 0 Å². The molecule has 0 radical (unpaired) electrons. The van der Waals surface area contributed by atoms with E-state index >= 15 is 0 Å². The minimum atomic E-state index is 0. The summed E-state index contributed by atoms with van der Waals surface area (Å²) in [7, 11) is 2.08. The van der Waals surface area contributed by atoms with E-state index in [0.29, 0.717) is 0 Å². The van der Waals surface area contributed by atoms with Crippen molar-refractivity contribution in [2.75, 3.05) is 0 Å². The first-order valence-electron chi connectivity index (χ1n) is 2.41. The van der Waals surface area contributed by atoms with Gasteiger partial charge in [-0.25, -0.2) is 0 Å². The van der Waals surface area contributed by atoms with Gasteiger partial charge in [-0.2, -0.15) is 0 Å². The summed E-state index contributed by atoms with van der Waals surface area (Å²) >= 11 is 0. The van der Waals surface area contributed by atoms with Crippen LogP contribution in [0.5, 0.6) is 0 Å². The molecule has 1 rings (SSSR count). The van der Waals surface area contributed by atoms with E-state index in [1.54, 1.807) is 0 Å². The molecule has 0 saturated heterocycles. The van der Waals surface area contributed by atoms with Gasteiger partial charge in [0.1, 0.15) is 7.85 Å². The van der Waals surface area contributed by atoms with E-state index in [0.717, 1.165) is 0 Å². The standard InChI is InChI=1S/C6H7B.2Li.2H/c7-6-4-2-1-3-5-6;;;;/h1-5H,7H2;;;;. The normalized spacial score (nSPS) is 6.67. The quantitative estimate of drug-likeness (QED) is 0.358. The van der Waals surface area contributed by atoms with E-state index in [4.69, 9.17) is 0 Å². The van der Waals surface area contributed by atoms with E-state index in [1.807, 2.05) is 18.2 Å². The molecule has 0 fully saturated rings. The fourth-order valence-electron chi connectivity index (χ4n) is 0.534. The van der Waals surface area contributed by atoms with Crippen molar-refractivity contribution in [3.8, 4) is 0 Å². The van der Waals surface area contributed by atoms with Crippen molar-refractivity contribution in [1.29, 1.82) is 0 Å². The van der Waals surface area contributed by atoms with Crippen molar-refractivity contribution in [1.82, 2.24) is 0 Å². The summed E-state index contributed by atoms with van der Waals surface area (Å²) in [5, 5.41) is 0. The second kappa shape index (κ2) is 6.60. The second-order valence-corrected chi connectivity index (χ2v) is 1.65. The van der Waals surface area contributed by atoms with Crippen LogP contribution in [0.25, 0.3) is 0 Å². The number of rotatable bonds is 0. The predicted molar refractivity (Wildman–Crippen MR) is 48.9 cm³/mol. The van der Waals surface area contributed by atoms with Crippen molar-refractivity contribution in [2.24, 2.45) is 0 Å². The molecule has 0 saturated carbocycles. The van der Waals surface area contributed by atoms with E-state index in [-0.39, 0.29) is 37.7 Å². The van der Waals surface area contributed by atoms with Crippen LogP contribution in [-0.4, -0.2) is 45.6 Å². The average molecular weight is 106 g/mol. The molecular weight excluding hydrogens is 96.8 g/mol. The van der Waals surface area contributed by atoms with Gasteiger partial charge in [0.15, 0.2) is 0 Å². The fourth-order valence-corrected chi connectivity index (χ4v) is 0.534. The molecule has 9 heavy (non-hydrogen) atoms. The monoisotopic (exact) mass is 106 g/mol. The zero-order chi connectivity index (χ0) is 5.11. The molecule has 3 heteroatoms. The fraction of sp³-hybridized carbons (Fsp3) is 0. The van der Waals surface area contributed by atoms with Gasteiger partial charge in [0.05, 0.1) is 0 Å². The minimum absolute atomic E-state index is 0. The molecule has 1 aromatic rings. The Bertz CT molecular complexity index is 141. The van der Waals surface area contributed by atoms with Crippen LogP contribution in [0.3, 0.4) is 0 Å². The first-order valence-corrected chi connectivity index (χ1v) is 2.41. The molecule has 0 atom stereocenters. The van der Waals surface area contributed by atoms with Gasteiger partial charge >= 0.3 is 37.7 Å². The van der Waals surface area contributed by atoms with Crippen molar-refractivity contribution >= 4 is 51.0 Å². The van der Waals surface area contributed by atoms with Crippen molar-refractivity contribution < 1.29 is 0 Å². The van der Waals surface area contributed by atoms with Crippen LogP contribution < -0.4 is 5.46 Å². The third-order valence-electron chi connectivity index (χ3n) is 0.940. The van der Waals surface area contributed by atoms with Gasteiger partial charge in [-0.15, -0.1) is 0 Å². The molecule has 0 amide bonds. The first-order chi connectivity index (χ1) is 3.39. The zero-order valence-electron chi connectivity index (χ0n) is 4.39. The molecule has 0 aliphatic carbocycles. The Morgan fingerprint density at radius 2 is 1.33 bits per heavy atom. The summed E-state index contributed by atoms with van der Waals surface area (Å²) in [4.78, 5) is 0. The van der Waals surface area contributed by atoms with Crippen molar-refractivity contribution in [3.63, 3.8) is 0 Å². The topological polar surface area (TPSA) is 0 Å². The molecule has 0 unspecified atom stereocenters. The van der Waals surface area contributed by atoms with E-state index in [1.165, 1.54) is 5.46 Å². The van der Waals surface area contributed by atoms with E-state index in [2.05, 4.69) is 20.0 Å². The summed E-state index contributed by atoms with van der Waals surface area (Å²) in [5.41, 5.74) is 1.32. The Balaban J connectivity index is 0. The van der Waals surface area contributed by atoms with Crippen LogP contribution in [0.4, 0.5) is 0 Å². The molecule has 38 valence electrons. The summed E-state index contributed by atoms with van der Waals surface area (Å²) in [6, 6.07) is 10.3. The van der Waals surface area contributed by atoms with Crippen LogP contribution in [0, 0.1) is 0 Å². The molecule has 0 aliphatic heterocycles. The molecule has 0 spiro atoms. The molecule has 1 aromatic carbocycles. The van der Waals surface area contributed by atoms with Gasteiger partial charge in [0.2, 0.25) is 0 Å². The van der Waals surface area contributed by atoms with Crippen LogP contribution in [0.1, 0.15) is 0 Å². The maximum absolute atomic E-state index is 2.08. The molecule has 0 heterocycles. The Kier molecular flexibility index (Phi) is 8.93. The van der Waals surface area contributed by atoms with Gasteiger partial charge in [-0.1, -0.05) is 35.8 Å². The Labute approximate surface area is 81.2 Å². The van der Waals surface area contributed by atoms with Crippen molar-refractivity contribution in [2.45, 2.75) is 0 Å². The van der Waals surface area contributed by atoms with Gasteiger partial charge in [0.25, 0.3) is 0 Å². The molecule has 0 N–H and O–H groups in total. The van der Waals surface area contributed by atoms with Crippen LogP contribution in [0.15, 0.2) is 30.3 Å². The summed E-state index contributed by atoms with van der Waals surface area (Å²) in [5.74, 6) is 0. The molecule has 0 aromatic heterocycles.